The number of benzene rings is 1. The van der Waals surface area contributed by atoms with Crippen LogP contribution in [0.3, 0.4) is 0 Å². The van der Waals surface area contributed by atoms with Gasteiger partial charge in [0.2, 0.25) is 0 Å². The van der Waals surface area contributed by atoms with E-state index in [9.17, 15) is 4.79 Å². The molecule has 126 valence electrons. The van der Waals surface area contributed by atoms with Gasteiger partial charge in [-0.05, 0) is 57.6 Å². The van der Waals surface area contributed by atoms with Gasteiger partial charge in [0.05, 0.1) is 0 Å². The predicted molar refractivity (Wildman–Crippen MR) is 91.9 cm³/mol. The molecule has 2 saturated heterocycles. The molecule has 0 aliphatic carbocycles. The Morgan fingerprint density at radius 3 is 2.30 bits per heavy atom. The Labute approximate surface area is 139 Å². The highest BCUT2D eigenvalue weighted by Gasteiger charge is 2.36. The second-order valence-corrected chi connectivity index (χ2v) is 7.28. The molecule has 2 aliphatic heterocycles. The van der Waals surface area contributed by atoms with Crippen molar-refractivity contribution >= 4 is 5.91 Å². The number of ether oxygens (including phenoxy) is 1. The Morgan fingerprint density at radius 2 is 1.74 bits per heavy atom. The molecule has 3 rings (SSSR count). The molecule has 0 aromatic heterocycles. The van der Waals surface area contributed by atoms with Gasteiger partial charge in [0.15, 0.2) is 6.61 Å². The number of carbonyl (C=O) groups is 1. The summed E-state index contributed by atoms with van der Waals surface area (Å²) >= 11 is 0. The fourth-order valence-electron chi connectivity index (χ4n) is 4.18. The summed E-state index contributed by atoms with van der Waals surface area (Å²) in [7, 11) is 1.93. The topological polar surface area (TPSA) is 41.6 Å². The van der Waals surface area contributed by atoms with Crippen LogP contribution in [-0.2, 0) is 4.79 Å². The van der Waals surface area contributed by atoms with Gasteiger partial charge in [0, 0.05) is 25.2 Å². The number of aryl methyl sites for hydroxylation is 3. The molecule has 0 spiro atoms. The van der Waals surface area contributed by atoms with E-state index < -0.39 is 0 Å². The van der Waals surface area contributed by atoms with Gasteiger partial charge in [0.1, 0.15) is 5.75 Å². The third kappa shape index (κ3) is 3.52. The summed E-state index contributed by atoms with van der Waals surface area (Å²) in [4.78, 5) is 14.4. The molecule has 1 aromatic carbocycles. The van der Waals surface area contributed by atoms with Gasteiger partial charge in [-0.2, -0.15) is 0 Å². The van der Waals surface area contributed by atoms with E-state index in [1.165, 1.54) is 18.4 Å². The number of nitrogens with one attached hydrogen (secondary N) is 1. The number of likely N-dealkylation sites (N-methyl/N-ethyl adjacent to an activating group) is 1. The molecule has 4 heteroatoms. The molecule has 2 atom stereocenters. The number of hydrogen-bond acceptors (Lipinski definition) is 3. The van der Waals surface area contributed by atoms with Crippen LogP contribution in [-0.4, -0.2) is 42.6 Å². The average Bonchev–Trinajstić information content (AvgIpc) is 2.83. The van der Waals surface area contributed by atoms with E-state index in [1.54, 1.807) is 0 Å². The van der Waals surface area contributed by atoms with Crippen LogP contribution < -0.4 is 10.1 Å². The van der Waals surface area contributed by atoms with Gasteiger partial charge in [-0.3, -0.25) is 4.79 Å². The van der Waals surface area contributed by atoms with Crippen LogP contribution >= 0.6 is 0 Å². The van der Waals surface area contributed by atoms with Crippen molar-refractivity contribution in [3.63, 3.8) is 0 Å². The molecule has 0 radical (unpaired) electrons. The van der Waals surface area contributed by atoms with Crippen molar-refractivity contribution in [2.75, 3.05) is 13.7 Å². The van der Waals surface area contributed by atoms with Crippen molar-refractivity contribution in [2.24, 2.45) is 0 Å². The van der Waals surface area contributed by atoms with Gasteiger partial charge in [-0.25, -0.2) is 0 Å². The maximum atomic E-state index is 12.5. The fraction of sp³-hybridized carbons (Fsp3) is 0.632. The maximum absolute atomic E-state index is 12.5. The van der Waals surface area contributed by atoms with Crippen LogP contribution in [0.2, 0.25) is 0 Å². The monoisotopic (exact) mass is 316 g/mol. The molecule has 0 saturated carbocycles. The molecule has 1 aromatic rings. The number of hydrogen-bond donors (Lipinski definition) is 1. The standard InChI is InChI=1S/C19H28N2O2/c1-12-7-13(2)19(14(3)8-12)23-11-18(22)21(4)17-9-15-5-6-16(10-17)20-15/h7-8,15-17,20H,5-6,9-11H2,1-4H3. The van der Waals surface area contributed by atoms with Crippen molar-refractivity contribution in [1.29, 1.82) is 0 Å². The highest BCUT2D eigenvalue weighted by molar-refractivity contribution is 5.78. The molecular weight excluding hydrogens is 288 g/mol. The largest absolute Gasteiger partial charge is 0.483 e. The Balaban J connectivity index is 1.59. The Morgan fingerprint density at radius 1 is 1.17 bits per heavy atom. The normalized spacial score (nSPS) is 26.2. The van der Waals surface area contributed by atoms with E-state index in [0.29, 0.717) is 18.1 Å². The number of fused-ring (bicyclic) bond motifs is 2. The van der Waals surface area contributed by atoms with Gasteiger partial charge < -0.3 is 15.0 Å². The minimum Gasteiger partial charge on any atom is -0.483 e. The van der Waals surface area contributed by atoms with E-state index in [-0.39, 0.29) is 12.5 Å². The zero-order valence-corrected chi connectivity index (χ0v) is 14.7. The summed E-state index contributed by atoms with van der Waals surface area (Å²) in [5, 5.41) is 3.62. The van der Waals surface area contributed by atoms with Crippen molar-refractivity contribution in [3.05, 3.63) is 28.8 Å². The lowest BCUT2D eigenvalue weighted by Crippen LogP contribution is -2.49. The van der Waals surface area contributed by atoms with E-state index in [0.717, 1.165) is 29.7 Å². The van der Waals surface area contributed by atoms with E-state index in [1.807, 2.05) is 25.8 Å². The van der Waals surface area contributed by atoms with E-state index in [4.69, 9.17) is 4.74 Å². The third-order valence-corrected chi connectivity index (χ3v) is 5.33. The number of rotatable bonds is 4. The van der Waals surface area contributed by atoms with Gasteiger partial charge >= 0.3 is 0 Å². The zero-order valence-electron chi connectivity index (χ0n) is 14.7. The van der Waals surface area contributed by atoms with Crippen molar-refractivity contribution in [2.45, 2.75) is 64.6 Å². The summed E-state index contributed by atoms with van der Waals surface area (Å²) < 4.78 is 5.86. The summed E-state index contributed by atoms with van der Waals surface area (Å²) in [5.74, 6) is 0.929. The van der Waals surface area contributed by atoms with Crippen LogP contribution in [0.4, 0.5) is 0 Å². The lowest BCUT2D eigenvalue weighted by molar-refractivity contribution is -0.134. The number of nitrogens with zero attached hydrogens (tertiary/aromatic N) is 1. The smallest absolute Gasteiger partial charge is 0.260 e. The Hall–Kier alpha value is -1.55. The number of amides is 1. The number of piperidine rings is 1. The number of carbonyl (C=O) groups excluding carboxylic acids is 1. The lowest BCUT2D eigenvalue weighted by atomic mass is 9.98. The lowest BCUT2D eigenvalue weighted by Gasteiger charge is -2.35. The van der Waals surface area contributed by atoms with Crippen LogP contribution in [0.15, 0.2) is 12.1 Å². The zero-order chi connectivity index (χ0) is 16.6. The quantitative estimate of drug-likeness (QED) is 0.928. The molecule has 4 nitrogen and oxygen atoms in total. The van der Waals surface area contributed by atoms with Crippen molar-refractivity contribution < 1.29 is 9.53 Å². The molecule has 2 bridgehead atoms. The van der Waals surface area contributed by atoms with Crippen molar-refractivity contribution in [3.8, 4) is 5.75 Å². The highest BCUT2D eigenvalue weighted by Crippen LogP contribution is 2.29. The molecule has 2 unspecified atom stereocenters. The van der Waals surface area contributed by atoms with Gasteiger partial charge in [-0.15, -0.1) is 0 Å². The molecule has 2 aliphatic rings. The molecular formula is C19H28N2O2. The summed E-state index contributed by atoms with van der Waals surface area (Å²) in [5.41, 5.74) is 3.41. The first-order valence-electron chi connectivity index (χ1n) is 8.66. The van der Waals surface area contributed by atoms with Crippen LogP contribution in [0, 0.1) is 20.8 Å². The second kappa shape index (κ2) is 6.52. The maximum Gasteiger partial charge on any atom is 0.260 e. The van der Waals surface area contributed by atoms with Gasteiger partial charge in [0.25, 0.3) is 5.91 Å². The minimum absolute atomic E-state index is 0.0793. The van der Waals surface area contributed by atoms with Crippen LogP contribution in [0.5, 0.6) is 5.75 Å². The molecule has 1 amide bonds. The molecule has 2 fully saturated rings. The van der Waals surface area contributed by atoms with E-state index in [2.05, 4.69) is 24.4 Å². The summed E-state index contributed by atoms with van der Waals surface area (Å²) in [6, 6.07) is 5.74. The average molecular weight is 316 g/mol. The fourth-order valence-corrected chi connectivity index (χ4v) is 4.18. The minimum atomic E-state index is 0.0793. The summed E-state index contributed by atoms with van der Waals surface area (Å²) in [6.07, 6.45) is 4.64. The molecule has 1 N–H and O–H groups in total. The predicted octanol–water partition coefficient (Wildman–Crippen LogP) is 2.73. The van der Waals surface area contributed by atoms with Crippen LogP contribution in [0.25, 0.3) is 0 Å². The highest BCUT2D eigenvalue weighted by atomic mass is 16.5. The first-order valence-corrected chi connectivity index (χ1v) is 8.66. The Bertz CT molecular complexity index is 564. The molecule has 2 heterocycles. The van der Waals surface area contributed by atoms with E-state index >= 15 is 0 Å². The van der Waals surface area contributed by atoms with Gasteiger partial charge in [-0.1, -0.05) is 17.7 Å². The second-order valence-electron chi connectivity index (χ2n) is 7.28. The first-order chi connectivity index (χ1) is 10.9. The first kappa shape index (κ1) is 16.3. The third-order valence-electron chi connectivity index (χ3n) is 5.33. The van der Waals surface area contributed by atoms with Crippen molar-refractivity contribution in [1.82, 2.24) is 10.2 Å². The summed E-state index contributed by atoms with van der Waals surface area (Å²) in [6.45, 7) is 6.27. The molecule has 23 heavy (non-hydrogen) atoms. The SMILES string of the molecule is Cc1cc(C)c(OCC(=O)N(C)C2CC3CCC(C2)N3)c(C)c1. The van der Waals surface area contributed by atoms with Crippen LogP contribution in [0.1, 0.15) is 42.4 Å². The Kier molecular flexibility index (Phi) is 4.62.